The van der Waals surface area contributed by atoms with Gasteiger partial charge in [-0.3, -0.25) is 14.7 Å². The summed E-state index contributed by atoms with van der Waals surface area (Å²) in [6.45, 7) is 4.37. The van der Waals surface area contributed by atoms with Gasteiger partial charge in [0.15, 0.2) is 6.29 Å². The molecule has 2 aliphatic rings. The number of piperazine rings is 1. The first kappa shape index (κ1) is 29.4. The molecule has 3 heterocycles. The lowest BCUT2D eigenvalue weighted by atomic mass is 10.1. The predicted octanol–water partition coefficient (Wildman–Crippen LogP) is 4.17. The normalized spacial score (nSPS) is 15.7. The zero-order valence-electron chi connectivity index (χ0n) is 22.7. The number of carbonyl (C=O) groups excluding carboxylic acids is 1. The Morgan fingerprint density at radius 3 is 2.17 bits per heavy atom. The van der Waals surface area contributed by atoms with Crippen LogP contribution in [0, 0.1) is 0 Å². The molecular formula is C28H33Cl2N7O3. The highest BCUT2D eigenvalue weighted by Crippen LogP contribution is 2.45. The molecule has 2 aromatic heterocycles. The van der Waals surface area contributed by atoms with Crippen LogP contribution >= 0.6 is 23.2 Å². The molecule has 2 fully saturated rings. The highest BCUT2D eigenvalue weighted by molar-refractivity contribution is 6.41. The second-order valence-corrected chi connectivity index (χ2v) is 10.1. The number of hydrogen-bond donors (Lipinski definition) is 2. The fourth-order valence-electron chi connectivity index (χ4n) is 4.47. The number of aliphatic imine (C=N–C) groups is 1. The van der Waals surface area contributed by atoms with Crippen molar-refractivity contribution in [1.29, 1.82) is 0 Å². The lowest BCUT2D eigenvalue weighted by Gasteiger charge is -2.35. The predicted molar refractivity (Wildman–Crippen MR) is 160 cm³/mol. The lowest BCUT2D eigenvalue weighted by Crippen LogP contribution is -2.47. The molecule has 12 heteroatoms. The molecule has 0 bridgehead atoms. The number of pyridine rings is 2. The molecule has 3 aromatic rings. The van der Waals surface area contributed by atoms with Crippen LogP contribution in [0.2, 0.25) is 10.0 Å². The maximum atomic E-state index is 10.6. The van der Waals surface area contributed by atoms with Gasteiger partial charge in [0.2, 0.25) is 0 Å². The van der Waals surface area contributed by atoms with Crippen molar-refractivity contribution < 1.29 is 14.3 Å². The second kappa shape index (κ2) is 13.2. The van der Waals surface area contributed by atoms with Gasteiger partial charge >= 0.3 is 0 Å². The number of amidine groups is 1. The first-order valence-electron chi connectivity index (χ1n) is 12.8. The third-order valence-electron chi connectivity index (χ3n) is 6.88. The van der Waals surface area contributed by atoms with E-state index in [-0.39, 0.29) is 5.82 Å². The third kappa shape index (κ3) is 6.57. The average molecular weight is 587 g/mol. The summed E-state index contributed by atoms with van der Waals surface area (Å²) in [6.07, 6.45) is 5.25. The zero-order valence-corrected chi connectivity index (χ0v) is 24.2. The van der Waals surface area contributed by atoms with Crippen molar-refractivity contribution in [3.05, 3.63) is 57.7 Å². The number of nitrogens with two attached hydrogens (primary N) is 2. The molecule has 212 valence electrons. The molecule has 5 rings (SSSR count). The van der Waals surface area contributed by atoms with Gasteiger partial charge in [0, 0.05) is 62.7 Å². The minimum Gasteiger partial charge on any atom is -0.495 e. The van der Waals surface area contributed by atoms with E-state index in [2.05, 4.69) is 24.8 Å². The van der Waals surface area contributed by atoms with Crippen LogP contribution in [0.3, 0.4) is 0 Å². The van der Waals surface area contributed by atoms with Crippen LogP contribution in [-0.4, -0.2) is 80.5 Å². The van der Waals surface area contributed by atoms with E-state index < -0.39 is 0 Å². The minimum atomic E-state index is 0.222. The van der Waals surface area contributed by atoms with E-state index in [0.29, 0.717) is 49.8 Å². The van der Waals surface area contributed by atoms with Gasteiger partial charge in [-0.05, 0) is 37.1 Å². The van der Waals surface area contributed by atoms with E-state index in [1.54, 1.807) is 31.4 Å². The topological polar surface area (TPSA) is 132 Å². The summed E-state index contributed by atoms with van der Waals surface area (Å²) in [7, 11) is 4.58. The molecule has 0 spiro atoms. The summed E-state index contributed by atoms with van der Waals surface area (Å²) in [4.78, 5) is 28.0. The van der Waals surface area contributed by atoms with Gasteiger partial charge in [0.25, 0.3) is 0 Å². The molecule has 0 radical (unpaired) electrons. The molecule has 40 heavy (non-hydrogen) atoms. The molecule has 1 saturated heterocycles. The van der Waals surface area contributed by atoms with Crippen LogP contribution < -0.4 is 25.8 Å². The fourth-order valence-corrected chi connectivity index (χ4v) is 5.17. The lowest BCUT2D eigenvalue weighted by molar-refractivity contribution is 0.112. The van der Waals surface area contributed by atoms with E-state index >= 15 is 0 Å². The Kier molecular flexibility index (Phi) is 9.67. The summed E-state index contributed by atoms with van der Waals surface area (Å²) in [5.41, 5.74) is 13.9. The third-order valence-corrected chi connectivity index (χ3v) is 7.63. The standard InChI is InChI=1S/C15H16Cl2N4O2.C13H17N3O/c1-20-14(18)7-4-5-8(21-15(7)19)11-12(16)9(22-2)6-10(23-3)13(11)17;17-10-11-1-4-13(14-9-11)16-7-5-15(6-8-16)12-2-3-12/h4-6H,1-3H3,(H2,18,20)(H2,19,21);1,4,9-10,12H,2-3,5-8H2. The van der Waals surface area contributed by atoms with E-state index in [9.17, 15) is 4.79 Å². The summed E-state index contributed by atoms with van der Waals surface area (Å²) in [6, 6.07) is 9.66. The smallest absolute Gasteiger partial charge is 0.151 e. The van der Waals surface area contributed by atoms with Gasteiger partial charge in [0.05, 0.1) is 35.5 Å². The Labute approximate surface area is 243 Å². The summed E-state index contributed by atoms with van der Waals surface area (Å²) in [5.74, 6) is 2.34. The van der Waals surface area contributed by atoms with Crippen LogP contribution in [0.5, 0.6) is 11.5 Å². The number of nitrogens with zero attached hydrogens (tertiary/aromatic N) is 5. The largest absolute Gasteiger partial charge is 0.495 e. The number of nitrogen functional groups attached to an aromatic ring is 1. The molecule has 4 N–H and O–H groups in total. The van der Waals surface area contributed by atoms with Gasteiger partial charge in [-0.15, -0.1) is 0 Å². The second-order valence-electron chi connectivity index (χ2n) is 9.34. The van der Waals surface area contributed by atoms with Gasteiger partial charge in [0.1, 0.15) is 29.0 Å². The number of carbonyl (C=O) groups is 1. The highest BCUT2D eigenvalue weighted by Gasteiger charge is 2.31. The number of ether oxygens (including phenoxy) is 2. The van der Waals surface area contributed by atoms with E-state index in [0.717, 1.165) is 44.3 Å². The molecule has 0 unspecified atom stereocenters. The van der Waals surface area contributed by atoms with Crippen LogP contribution in [0.15, 0.2) is 41.5 Å². The van der Waals surface area contributed by atoms with Crippen molar-refractivity contribution in [1.82, 2.24) is 14.9 Å². The Morgan fingerprint density at radius 2 is 1.70 bits per heavy atom. The van der Waals surface area contributed by atoms with Gasteiger partial charge in [-0.25, -0.2) is 9.97 Å². The number of aldehydes is 1. The van der Waals surface area contributed by atoms with Crippen LogP contribution in [0.4, 0.5) is 11.6 Å². The van der Waals surface area contributed by atoms with Crippen LogP contribution in [-0.2, 0) is 0 Å². The van der Waals surface area contributed by atoms with Gasteiger partial charge < -0.3 is 25.8 Å². The Balaban J connectivity index is 0.000000192. The number of aromatic nitrogens is 2. The SMILES string of the molecule is CN=C(N)c1ccc(-c2c(Cl)c(OC)cc(OC)c2Cl)nc1N.O=Cc1ccc(N2CCN(C3CC3)CC2)nc1. The van der Waals surface area contributed by atoms with E-state index in [1.807, 2.05) is 12.1 Å². The minimum absolute atomic E-state index is 0.222. The Hall–Kier alpha value is -3.60. The fraction of sp³-hybridized carbons (Fsp3) is 0.357. The quantitative estimate of drug-likeness (QED) is 0.238. The highest BCUT2D eigenvalue weighted by atomic mass is 35.5. The van der Waals surface area contributed by atoms with Crippen molar-refractivity contribution in [2.45, 2.75) is 18.9 Å². The Bertz CT molecular complexity index is 1350. The van der Waals surface area contributed by atoms with Crippen molar-refractivity contribution in [2.24, 2.45) is 10.7 Å². The molecule has 10 nitrogen and oxygen atoms in total. The molecule has 1 aliphatic carbocycles. The molecule has 0 atom stereocenters. The first-order chi connectivity index (χ1) is 19.3. The van der Waals surface area contributed by atoms with Gasteiger partial charge in [-0.2, -0.15) is 0 Å². The monoisotopic (exact) mass is 585 g/mol. The Morgan fingerprint density at radius 1 is 1.05 bits per heavy atom. The summed E-state index contributed by atoms with van der Waals surface area (Å²) in [5, 5.41) is 0.630. The van der Waals surface area contributed by atoms with E-state index in [1.165, 1.54) is 27.1 Å². The van der Waals surface area contributed by atoms with Crippen molar-refractivity contribution >= 4 is 47.0 Å². The number of methoxy groups -OCH3 is 2. The van der Waals surface area contributed by atoms with E-state index in [4.69, 9.17) is 44.1 Å². The first-order valence-corrected chi connectivity index (χ1v) is 13.6. The molecular weight excluding hydrogens is 553 g/mol. The summed E-state index contributed by atoms with van der Waals surface area (Å²) >= 11 is 12.7. The van der Waals surface area contributed by atoms with Crippen molar-refractivity contribution in [2.75, 3.05) is 58.1 Å². The number of anilines is 2. The maximum absolute atomic E-state index is 10.6. The molecule has 0 amide bonds. The van der Waals surface area contributed by atoms with Crippen molar-refractivity contribution in [3.63, 3.8) is 0 Å². The number of rotatable bonds is 7. The van der Waals surface area contributed by atoms with Crippen LogP contribution in [0.25, 0.3) is 11.3 Å². The van der Waals surface area contributed by atoms with Gasteiger partial charge in [-0.1, -0.05) is 23.2 Å². The van der Waals surface area contributed by atoms with Crippen LogP contribution in [0.1, 0.15) is 28.8 Å². The molecule has 1 aromatic carbocycles. The maximum Gasteiger partial charge on any atom is 0.151 e. The summed E-state index contributed by atoms with van der Waals surface area (Å²) < 4.78 is 10.5. The number of hydrogen-bond acceptors (Lipinski definition) is 9. The molecule has 1 aliphatic heterocycles. The zero-order chi connectivity index (χ0) is 28.8. The van der Waals surface area contributed by atoms with Crippen molar-refractivity contribution in [3.8, 4) is 22.8 Å². The average Bonchev–Trinajstić information content (AvgIpc) is 3.83. The number of benzene rings is 1. The molecule has 1 saturated carbocycles. The number of halogens is 2.